The highest BCUT2D eigenvalue weighted by Crippen LogP contribution is 2.18. The Morgan fingerprint density at radius 2 is 2.28 bits per heavy atom. The first-order valence-electron chi connectivity index (χ1n) is 4.96. The lowest BCUT2D eigenvalue weighted by molar-refractivity contribution is 0.207. The van der Waals surface area contributed by atoms with Crippen LogP contribution < -0.4 is 5.32 Å². The molecule has 0 radical (unpaired) electrons. The second-order valence-corrected chi connectivity index (χ2v) is 3.76. The van der Waals surface area contributed by atoms with E-state index in [2.05, 4.69) is 32.2 Å². The molecule has 0 atom stereocenters. The van der Waals surface area contributed by atoms with E-state index in [4.69, 9.17) is 0 Å². The predicted molar refractivity (Wildman–Crippen MR) is 68.1 cm³/mol. The molecular weight excluding hydrogens is 257 g/mol. The summed E-state index contributed by atoms with van der Waals surface area (Å²) < 4.78 is 16.2. The van der Waals surface area contributed by atoms with Crippen LogP contribution in [0.3, 0.4) is 0 Å². The van der Waals surface area contributed by atoms with Crippen molar-refractivity contribution in [3.63, 3.8) is 0 Å². The first-order valence-corrected chi connectivity index (χ1v) is 5.37. The van der Waals surface area contributed by atoms with Crippen LogP contribution in [0.25, 0.3) is 10.8 Å². The Hall–Kier alpha value is -2.15. The van der Waals surface area contributed by atoms with E-state index in [1.54, 1.807) is 24.5 Å². The zero-order chi connectivity index (χ0) is 13.1. The third kappa shape index (κ3) is 2.75. The van der Waals surface area contributed by atoms with E-state index in [0.717, 1.165) is 16.5 Å². The fourth-order valence-electron chi connectivity index (χ4n) is 1.48. The number of ether oxygens (including phenoxy) is 1. The van der Waals surface area contributed by atoms with E-state index in [-0.39, 0.29) is 5.82 Å². The number of aromatic nitrogens is 2. The van der Waals surface area contributed by atoms with Gasteiger partial charge in [0.05, 0.1) is 0 Å². The number of aryl methyl sites for hydroxylation is 1. The van der Waals surface area contributed by atoms with Crippen LogP contribution in [-0.4, -0.2) is 21.4 Å². The summed E-state index contributed by atoms with van der Waals surface area (Å²) in [5, 5.41) is 2.65. The minimum Gasteiger partial charge on any atom is -0.373 e. The SMILES string of the molecule is Cc1nccc2cc(NC(=O)OC(F)=S)ncc12. The van der Waals surface area contributed by atoms with Gasteiger partial charge in [0.2, 0.25) is 0 Å². The molecule has 0 aromatic carbocycles. The number of nitrogens with one attached hydrogen (secondary N) is 1. The Morgan fingerprint density at radius 1 is 1.50 bits per heavy atom. The van der Waals surface area contributed by atoms with Crippen molar-refractivity contribution in [2.45, 2.75) is 6.92 Å². The van der Waals surface area contributed by atoms with E-state index in [1.807, 2.05) is 6.92 Å². The van der Waals surface area contributed by atoms with Crippen LogP contribution in [0, 0.1) is 6.92 Å². The van der Waals surface area contributed by atoms with Crippen LogP contribution in [0.15, 0.2) is 24.5 Å². The molecule has 0 aliphatic rings. The number of carbonyl (C=O) groups excluding carboxylic acids is 1. The van der Waals surface area contributed by atoms with Crippen molar-refractivity contribution < 1.29 is 13.9 Å². The number of anilines is 1. The van der Waals surface area contributed by atoms with Gasteiger partial charge >= 0.3 is 11.4 Å². The second-order valence-electron chi connectivity index (χ2n) is 3.44. The molecule has 2 heterocycles. The lowest BCUT2D eigenvalue weighted by atomic mass is 10.2. The number of halogens is 1. The number of thiocarbonyl (C=S) groups is 1. The van der Waals surface area contributed by atoms with Crippen molar-refractivity contribution in [3.05, 3.63) is 30.2 Å². The summed E-state index contributed by atoms with van der Waals surface area (Å²) in [7, 11) is 0. The van der Waals surface area contributed by atoms with Gasteiger partial charge in [-0.05, 0) is 36.7 Å². The van der Waals surface area contributed by atoms with Crippen molar-refractivity contribution >= 4 is 40.2 Å². The number of pyridine rings is 2. The maximum atomic E-state index is 12.2. The van der Waals surface area contributed by atoms with Crippen LogP contribution in [0.1, 0.15) is 5.69 Å². The first-order chi connectivity index (χ1) is 8.56. The van der Waals surface area contributed by atoms with Crippen molar-refractivity contribution in [2.24, 2.45) is 0 Å². The summed E-state index contributed by atoms with van der Waals surface area (Å²) in [6.07, 6.45) is 2.21. The molecule has 5 nitrogen and oxygen atoms in total. The van der Waals surface area contributed by atoms with Gasteiger partial charge in [-0.1, -0.05) is 0 Å². The summed E-state index contributed by atoms with van der Waals surface area (Å²) in [6.45, 7) is 1.85. The van der Waals surface area contributed by atoms with Gasteiger partial charge < -0.3 is 4.74 Å². The number of fused-ring (bicyclic) bond motifs is 1. The Labute approximate surface area is 107 Å². The summed E-state index contributed by atoms with van der Waals surface area (Å²) in [5.74, 6) is 0.245. The van der Waals surface area contributed by atoms with Gasteiger partial charge in [0.25, 0.3) is 0 Å². The number of hydrogen-bond acceptors (Lipinski definition) is 5. The predicted octanol–water partition coefficient (Wildman–Crippen LogP) is 2.74. The third-order valence-corrected chi connectivity index (χ3v) is 2.33. The van der Waals surface area contributed by atoms with E-state index in [0.29, 0.717) is 0 Å². The lowest BCUT2D eigenvalue weighted by Crippen LogP contribution is -2.15. The molecule has 0 aliphatic carbocycles. The lowest BCUT2D eigenvalue weighted by Gasteiger charge is -2.05. The molecule has 1 amide bonds. The summed E-state index contributed by atoms with van der Waals surface area (Å²) >= 11 is 4.00. The van der Waals surface area contributed by atoms with Crippen LogP contribution in [0.2, 0.25) is 0 Å². The Bertz CT molecular complexity index is 633. The van der Waals surface area contributed by atoms with Gasteiger partial charge in [-0.2, -0.15) is 4.39 Å². The maximum absolute atomic E-state index is 12.2. The van der Waals surface area contributed by atoms with Crippen LogP contribution in [-0.2, 0) is 4.74 Å². The largest absolute Gasteiger partial charge is 0.420 e. The Kier molecular flexibility index (Phi) is 3.42. The summed E-state index contributed by atoms with van der Waals surface area (Å²) in [6, 6.07) is 3.41. The maximum Gasteiger partial charge on any atom is 0.420 e. The molecule has 2 aromatic rings. The second kappa shape index (κ2) is 5.01. The highest BCUT2D eigenvalue weighted by atomic mass is 32.1. The minimum atomic E-state index is -1.34. The fraction of sp³-hybridized carbons (Fsp3) is 0.0909. The molecule has 92 valence electrons. The number of carbonyl (C=O) groups is 1. The molecule has 0 unspecified atom stereocenters. The normalized spacial score (nSPS) is 10.1. The third-order valence-electron chi connectivity index (χ3n) is 2.25. The molecule has 18 heavy (non-hydrogen) atoms. The average Bonchev–Trinajstić information content (AvgIpc) is 2.27. The number of rotatable bonds is 1. The van der Waals surface area contributed by atoms with Gasteiger partial charge in [0.15, 0.2) is 0 Å². The standard InChI is InChI=1S/C11H8FN3O2S/c1-6-8-5-14-9(4-7(8)2-3-13-6)15-11(16)17-10(12)18/h2-5H,1H3,(H,14,15,16). The van der Waals surface area contributed by atoms with Gasteiger partial charge in [0, 0.05) is 23.5 Å². The molecule has 0 aliphatic heterocycles. The van der Waals surface area contributed by atoms with Gasteiger partial charge in [-0.25, -0.2) is 9.78 Å². The van der Waals surface area contributed by atoms with Crippen molar-refractivity contribution in [2.75, 3.05) is 5.32 Å². The van der Waals surface area contributed by atoms with Gasteiger partial charge in [-0.15, -0.1) is 0 Å². The molecule has 0 fully saturated rings. The van der Waals surface area contributed by atoms with E-state index in [9.17, 15) is 9.18 Å². The van der Waals surface area contributed by atoms with E-state index in [1.165, 1.54) is 0 Å². The minimum absolute atomic E-state index is 0.245. The fourth-order valence-corrected chi connectivity index (χ4v) is 1.56. The number of nitrogens with zero attached hydrogens (tertiary/aromatic N) is 2. The van der Waals surface area contributed by atoms with Crippen LogP contribution >= 0.6 is 12.2 Å². The molecule has 1 N–H and O–H groups in total. The van der Waals surface area contributed by atoms with Gasteiger partial charge in [-0.3, -0.25) is 10.3 Å². The topological polar surface area (TPSA) is 64.1 Å². The molecule has 0 bridgehead atoms. The molecule has 0 saturated carbocycles. The highest BCUT2D eigenvalue weighted by Gasteiger charge is 2.08. The van der Waals surface area contributed by atoms with E-state index < -0.39 is 11.4 Å². The Morgan fingerprint density at radius 3 is 3.00 bits per heavy atom. The zero-order valence-corrected chi connectivity index (χ0v) is 10.1. The summed E-state index contributed by atoms with van der Waals surface area (Å²) in [5.41, 5.74) is 0.832. The molecule has 0 spiro atoms. The quantitative estimate of drug-likeness (QED) is 0.634. The first kappa shape index (κ1) is 12.3. The Balaban J connectivity index is 2.25. The number of amides is 1. The zero-order valence-electron chi connectivity index (χ0n) is 9.31. The van der Waals surface area contributed by atoms with Crippen molar-refractivity contribution in [1.82, 2.24) is 9.97 Å². The van der Waals surface area contributed by atoms with Crippen molar-refractivity contribution in [3.8, 4) is 0 Å². The smallest absolute Gasteiger partial charge is 0.373 e. The van der Waals surface area contributed by atoms with E-state index >= 15 is 0 Å². The monoisotopic (exact) mass is 265 g/mol. The average molecular weight is 265 g/mol. The number of hydrogen-bond donors (Lipinski definition) is 1. The highest BCUT2D eigenvalue weighted by molar-refractivity contribution is 7.79. The van der Waals surface area contributed by atoms with Crippen LogP contribution in [0.4, 0.5) is 15.0 Å². The summed E-state index contributed by atoms with van der Waals surface area (Å²) in [4.78, 5) is 19.2. The molecule has 0 saturated heterocycles. The van der Waals surface area contributed by atoms with Crippen LogP contribution in [0.5, 0.6) is 0 Å². The molecular formula is C11H8FN3O2S. The molecule has 2 rings (SSSR count). The molecule has 7 heteroatoms. The van der Waals surface area contributed by atoms with Crippen molar-refractivity contribution in [1.29, 1.82) is 0 Å². The molecule has 2 aromatic heterocycles. The van der Waals surface area contributed by atoms with Gasteiger partial charge in [0.1, 0.15) is 5.82 Å².